The molecule has 0 spiro atoms. The topological polar surface area (TPSA) is 45.6 Å². The highest BCUT2D eigenvalue weighted by Crippen LogP contribution is 2.11. The minimum Gasteiger partial charge on any atom is -0.394 e. The summed E-state index contributed by atoms with van der Waals surface area (Å²) in [5.41, 5.74) is 0.950. The van der Waals surface area contributed by atoms with Crippen molar-refractivity contribution in [3.63, 3.8) is 0 Å². The molecular weight excluding hydrogens is 228 g/mol. The number of rotatable bonds is 3. The molecule has 4 nitrogen and oxygen atoms in total. The van der Waals surface area contributed by atoms with Crippen molar-refractivity contribution >= 4 is 11.6 Å². The molecule has 0 aromatic carbocycles. The van der Waals surface area contributed by atoms with Gasteiger partial charge in [-0.25, -0.2) is 4.98 Å². The normalized spacial score (nSPS) is 22.2. The van der Waals surface area contributed by atoms with Crippen LogP contribution in [0, 0.1) is 0 Å². The van der Waals surface area contributed by atoms with E-state index in [1.807, 2.05) is 12.1 Å². The van der Waals surface area contributed by atoms with Crippen LogP contribution in [-0.4, -0.2) is 47.4 Å². The van der Waals surface area contributed by atoms with E-state index in [1.54, 1.807) is 6.07 Å². The number of aliphatic hydroxyl groups excluding tert-OH is 1. The quantitative estimate of drug-likeness (QED) is 0.801. The van der Waals surface area contributed by atoms with Crippen LogP contribution in [0.3, 0.4) is 0 Å². The van der Waals surface area contributed by atoms with Crippen LogP contribution in [0.5, 0.6) is 0 Å². The molecule has 0 amide bonds. The van der Waals surface area contributed by atoms with E-state index in [2.05, 4.69) is 9.88 Å². The maximum Gasteiger partial charge on any atom is 0.129 e. The van der Waals surface area contributed by atoms with E-state index in [1.165, 1.54) is 0 Å². The number of hydrogen-bond acceptors (Lipinski definition) is 4. The predicted molar refractivity (Wildman–Crippen MR) is 61.3 cm³/mol. The summed E-state index contributed by atoms with van der Waals surface area (Å²) in [6, 6.07) is 5.62. The van der Waals surface area contributed by atoms with Gasteiger partial charge in [0.05, 0.1) is 25.0 Å². The largest absolute Gasteiger partial charge is 0.394 e. The Morgan fingerprint density at radius 1 is 1.56 bits per heavy atom. The third-order valence-electron chi connectivity index (χ3n) is 2.58. The number of ether oxygens (including phenoxy) is 1. The van der Waals surface area contributed by atoms with Crippen molar-refractivity contribution in [2.75, 3.05) is 26.3 Å². The second kappa shape index (κ2) is 5.59. The van der Waals surface area contributed by atoms with Gasteiger partial charge in [-0.05, 0) is 12.1 Å². The van der Waals surface area contributed by atoms with E-state index in [9.17, 15) is 0 Å². The monoisotopic (exact) mass is 242 g/mol. The predicted octanol–water partition coefficient (Wildman–Crippen LogP) is 0.928. The second-order valence-electron chi connectivity index (χ2n) is 3.86. The van der Waals surface area contributed by atoms with Crippen LogP contribution in [0.4, 0.5) is 0 Å². The maximum absolute atomic E-state index is 9.03. The van der Waals surface area contributed by atoms with Crippen molar-refractivity contribution < 1.29 is 9.84 Å². The summed E-state index contributed by atoms with van der Waals surface area (Å²) in [5.74, 6) is 0. The summed E-state index contributed by atoms with van der Waals surface area (Å²) in [6.45, 7) is 3.08. The Morgan fingerprint density at radius 3 is 3.19 bits per heavy atom. The highest BCUT2D eigenvalue weighted by molar-refractivity contribution is 6.29. The first-order valence-electron chi connectivity index (χ1n) is 5.34. The van der Waals surface area contributed by atoms with Crippen molar-refractivity contribution in [1.82, 2.24) is 9.88 Å². The summed E-state index contributed by atoms with van der Waals surface area (Å²) in [6.07, 6.45) is -0.0760. The van der Waals surface area contributed by atoms with E-state index in [0.717, 1.165) is 25.3 Å². The molecule has 2 heterocycles. The average Bonchev–Trinajstić information content (AvgIpc) is 2.29. The lowest BCUT2D eigenvalue weighted by Gasteiger charge is -2.31. The molecule has 0 bridgehead atoms. The van der Waals surface area contributed by atoms with Gasteiger partial charge in [-0.3, -0.25) is 4.90 Å². The van der Waals surface area contributed by atoms with Gasteiger partial charge in [0.1, 0.15) is 5.15 Å². The number of halogens is 1. The number of aliphatic hydroxyl groups is 1. The van der Waals surface area contributed by atoms with Gasteiger partial charge in [0.25, 0.3) is 0 Å². The zero-order valence-corrected chi connectivity index (χ0v) is 9.73. The van der Waals surface area contributed by atoms with Gasteiger partial charge in [0.15, 0.2) is 0 Å². The molecule has 1 atom stereocenters. The number of nitrogens with zero attached hydrogens (tertiary/aromatic N) is 2. The molecule has 1 fully saturated rings. The minimum atomic E-state index is -0.0760. The van der Waals surface area contributed by atoms with E-state index in [0.29, 0.717) is 11.8 Å². The molecule has 1 aromatic heterocycles. The molecule has 1 unspecified atom stereocenters. The molecule has 1 aliphatic heterocycles. The Kier molecular flexibility index (Phi) is 4.12. The lowest BCUT2D eigenvalue weighted by Crippen LogP contribution is -2.43. The standard InChI is InChI=1S/C11H15ClN2O2/c12-11-3-1-2-9(13-11)6-14-4-5-16-10(7-14)8-15/h1-3,10,15H,4-8H2. The summed E-state index contributed by atoms with van der Waals surface area (Å²) in [5, 5.41) is 9.55. The first-order valence-corrected chi connectivity index (χ1v) is 5.72. The molecule has 0 saturated carbocycles. The zero-order valence-electron chi connectivity index (χ0n) is 8.97. The van der Waals surface area contributed by atoms with Gasteiger partial charge in [0, 0.05) is 19.6 Å². The number of pyridine rings is 1. The maximum atomic E-state index is 9.03. The molecule has 88 valence electrons. The first-order chi connectivity index (χ1) is 7.78. The van der Waals surface area contributed by atoms with Crippen molar-refractivity contribution in [3.05, 3.63) is 29.0 Å². The Morgan fingerprint density at radius 2 is 2.44 bits per heavy atom. The van der Waals surface area contributed by atoms with Gasteiger partial charge >= 0.3 is 0 Å². The number of aromatic nitrogens is 1. The third-order valence-corrected chi connectivity index (χ3v) is 2.80. The minimum absolute atomic E-state index is 0.0689. The molecule has 1 saturated heterocycles. The Bertz CT molecular complexity index is 349. The van der Waals surface area contributed by atoms with Gasteiger partial charge in [-0.15, -0.1) is 0 Å². The molecule has 5 heteroatoms. The molecule has 1 aromatic rings. The smallest absolute Gasteiger partial charge is 0.129 e. The summed E-state index contributed by atoms with van der Waals surface area (Å²) in [4.78, 5) is 6.45. The zero-order chi connectivity index (χ0) is 11.4. The van der Waals surface area contributed by atoms with Crippen LogP contribution < -0.4 is 0 Å². The first kappa shape index (κ1) is 11.8. The summed E-state index contributed by atoms with van der Waals surface area (Å²) < 4.78 is 5.38. The fourth-order valence-electron chi connectivity index (χ4n) is 1.80. The molecule has 0 radical (unpaired) electrons. The molecule has 0 aliphatic carbocycles. The molecule has 1 aliphatic rings. The van der Waals surface area contributed by atoms with Crippen LogP contribution in [0.25, 0.3) is 0 Å². The SMILES string of the molecule is OCC1CN(Cc2cccc(Cl)n2)CCO1. The average molecular weight is 243 g/mol. The molecule has 16 heavy (non-hydrogen) atoms. The number of morpholine rings is 1. The van der Waals surface area contributed by atoms with Crippen LogP contribution in [0.15, 0.2) is 18.2 Å². The highest BCUT2D eigenvalue weighted by atomic mass is 35.5. The fourth-order valence-corrected chi connectivity index (χ4v) is 1.98. The fraction of sp³-hybridized carbons (Fsp3) is 0.545. The second-order valence-corrected chi connectivity index (χ2v) is 4.25. The van der Waals surface area contributed by atoms with Crippen LogP contribution in [-0.2, 0) is 11.3 Å². The lowest BCUT2D eigenvalue weighted by atomic mass is 10.2. The van der Waals surface area contributed by atoms with Crippen LogP contribution in [0.1, 0.15) is 5.69 Å². The molecule has 2 rings (SSSR count). The van der Waals surface area contributed by atoms with Crippen molar-refractivity contribution in [1.29, 1.82) is 0 Å². The third kappa shape index (κ3) is 3.15. The summed E-state index contributed by atoms with van der Waals surface area (Å²) in [7, 11) is 0. The lowest BCUT2D eigenvalue weighted by molar-refractivity contribution is -0.0553. The van der Waals surface area contributed by atoms with Crippen molar-refractivity contribution in [3.8, 4) is 0 Å². The van der Waals surface area contributed by atoms with Gasteiger partial charge < -0.3 is 9.84 Å². The van der Waals surface area contributed by atoms with E-state index >= 15 is 0 Å². The van der Waals surface area contributed by atoms with Gasteiger partial charge in [0.2, 0.25) is 0 Å². The molecule has 1 N–H and O–H groups in total. The van der Waals surface area contributed by atoms with Crippen LogP contribution >= 0.6 is 11.6 Å². The number of hydrogen-bond donors (Lipinski definition) is 1. The van der Waals surface area contributed by atoms with E-state index in [4.69, 9.17) is 21.4 Å². The van der Waals surface area contributed by atoms with Crippen molar-refractivity contribution in [2.45, 2.75) is 12.6 Å². The van der Waals surface area contributed by atoms with Crippen LogP contribution in [0.2, 0.25) is 5.15 Å². The van der Waals surface area contributed by atoms with Crippen molar-refractivity contribution in [2.24, 2.45) is 0 Å². The molecular formula is C11H15ClN2O2. The van der Waals surface area contributed by atoms with E-state index in [-0.39, 0.29) is 12.7 Å². The highest BCUT2D eigenvalue weighted by Gasteiger charge is 2.19. The Balaban J connectivity index is 1.94. The van der Waals surface area contributed by atoms with Gasteiger partial charge in [-0.2, -0.15) is 0 Å². The summed E-state index contributed by atoms with van der Waals surface area (Å²) >= 11 is 5.82. The van der Waals surface area contributed by atoms with E-state index < -0.39 is 0 Å². The Hall–Kier alpha value is -0.680. The Labute approximate surface area is 99.8 Å². The van der Waals surface area contributed by atoms with Gasteiger partial charge in [-0.1, -0.05) is 17.7 Å².